The first-order valence-corrected chi connectivity index (χ1v) is 10.2. The Morgan fingerprint density at radius 3 is 1.94 bits per heavy atom. The number of hydrogen-bond donors (Lipinski definition) is 1. The van der Waals surface area contributed by atoms with Gasteiger partial charge in [-0.1, -0.05) is 50.2 Å². The van der Waals surface area contributed by atoms with Gasteiger partial charge in [-0.15, -0.1) is 0 Å². The number of nitrogens with zero attached hydrogens (tertiary/aromatic N) is 3. The topological polar surface area (TPSA) is 91.3 Å². The lowest BCUT2D eigenvalue weighted by molar-refractivity contribution is -0.143. The number of hydrazone groups is 1. The summed E-state index contributed by atoms with van der Waals surface area (Å²) in [6.07, 6.45) is -10.1. The molecule has 0 radical (unpaired) electrons. The number of nitrogens with one attached hydrogen (secondary N) is 1. The number of rotatable bonds is 5. The van der Waals surface area contributed by atoms with E-state index in [0.717, 1.165) is 5.56 Å². The van der Waals surface area contributed by atoms with Gasteiger partial charge in [0.05, 0.1) is 16.8 Å². The summed E-state index contributed by atoms with van der Waals surface area (Å²) in [7, 11) is 0. The monoisotopic (exact) mass is 508 g/mol. The average molecular weight is 508 g/mol. The van der Waals surface area contributed by atoms with Crippen molar-refractivity contribution < 1.29 is 35.7 Å². The highest BCUT2D eigenvalue weighted by Crippen LogP contribution is 2.37. The van der Waals surface area contributed by atoms with E-state index in [-0.39, 0.29) is 22.9 Å². The zero-order chi connectivity index (χ0) is 26.9. The van der Waals surface area contributed by atoms with Gasteiger partial charge in [0.2, 0.25) is 11.5 Å². The quantitative estimate of drug-likeness (QED) is 0.176. The van der Waals surface area contributed by atoms with Crippen molar-refractivity contribution in [3.63, 3.8) is 0 Å². The minimum atomic E-state index is -5.07. The molecule has 0 saturated carbocycles. The average Bonchev–Trinajstić information content (AvgIpc) is 3.28. The third-order valence-electron chi connectivity index (χ3n) is 4.98. The predicted octanol–water partition coefficient (Wildman–Crippen LogP) is 6.85. The molecule has 3 aromatic rings. The lowest BCUT2D eigenvalue weighted by atomic mass is 9.86. The summed E-state index contributed by atoms with van der Waals surface area (Å²) in [6.45, 7) is 6.11. The molecular formula is C24H18F6N4O2. The van der Waals surface area contributed by atoms with Crippen molar-refractivity contribution in [2.75, 3.05) is 5.43 Å². The first-order valence-electron chi connectivity index (χ1n) is 10.2. The molecule has 6 nitrogen and oxygen atoms in total. The van der Waals surface area contributed by atoms with Gasteiger partial charge in [0.1, 0.15) is 6.07 Å². The molecule has 0 fully saturated rings. The van der Waals surface area contributed by atoms with Crippen LogP contribution < -0.4 is 5.43 Å². The third kappa shape index (κ3) is 6.10. The van der Waals surface area contributed by atoms with E-state index in [1.807, 2.05) is 38.3 Å². The molecule has 1 N–H and O–H groups in total. The highest BCUT2D eigenvalue weighted by Gasteiger charge is 2.37. The second-order valence-electron chi connectivity index (χ2n) is 8.71. The number of anilines is 1. The molecule has 0 aliphatic heterocycles. The molecule has 12 heteroatoms. The molecular weight excluding hydrogens is 490 g/mol. The minimum absolute atomic E-state index is 0.0593. The van der Waals surface area contributed by atoms with Gasteiger partial charge in [-0.2, -0.15) is 36.7 Å². The number of carbonyl (C=O) groups excluding carboxylic acids is 1. The molecule has 1 aromatic heterocycles. The van der Waals surface area contributed by atoms with E-state index in [1.165, 1.54) is 12.1 Å². The second kappa shape index (κ2) is 9.49. The first-order chi connectivity index (χ1) is 16.6. The summed E-state index contributed by atoms with van der Waals surface area (Å²) < 4.78 is 83.3. The molecule has 2 aromatic carbocycles. The van der Waals surface area contributed by atoms with E-state index in [4.69, 9.17) is 4.52 Å². The van der Waals surface area contributed by atoms with Gasteiger partial charge >= 0.3 is 12.4 Å². The van der Waals surface area contributed by atoms with Gasteiger partial charge < -0.3 is 4.52 Å². The molecule has 0 aliphatic carbocycles. The van der Waals surface area contributed by atoms with Crippen molar-refractivity contribution in [1.82, 2.24) is 5.16 Å². The highest BCUT2D eigenvalue weighted by molar-refractivity contribution is 6.51. The Kier molecular flexibility index (Phi) is 6.97. The lowest BCUT2D eigenvalue weighted by Gasteiger charge is -2.18. The Morgan fingerprint density at radius 1 is 0.917 bits per heavy atom. The number of nitriles is 1. The first kappa shape index (κ1) is 26.5. The van der Waals surface area contributed by atoms with Gasteiger partial charge in [0.15, 0.2) is 11.5 Å². The Balaban J connectivity index is 1.86. The maximum absolute atomic E-state index is 13.0. The van der Waals surface area contributed by atoms with E-state index in [0.29, 0.717) is 17.7 Å². The predicted molar refractivity (Wildman–Crippen MR) is 118 cm³/mol. The van der Waals surface area contributed by atoms with E-state index in [1.54, 1.807) is 12.1 Å². The SMILES string of the molecule is CC(C)(C)c1ccc(-c2cc(C(=O)/C(C#N)=N/Nc3cc(C(F)(F)F)cc(C(F)(F)F)c3)no2)cc1. The van der Waals surface area contributed by atoms with Crippen LogP contribution in [0.1, 0.15) is 48.0 Å². The number of carbonyl (C=O) groups is 1. The molecule has 3 rings (SSSR count). The summed E-state index contributed by atoms with van der Waals surface area (Å²) in [5, 5.41) is 16.3. The van der Waals surface area contributed by atoms with Crippen molar-refractivity contribution in [2.24, 2.45) is 5.10 Å². The molecule has 0 aliphatic rings. The van der Waals surface area contributed by atoms with Crippen LogP contribution >= 0.6 is 0 Å². The number of aromatic nitrogens is 1. The van der Waals surface area contributed by atoms with Crippen LogP contribution in [-0.4, -0.2) is 16.7 Å². The Morgan fingerprint density at radius 2 is 1.47 bits per heavy atom. The molecule has 188 valence electrons. The van der Waals surface area contributed by atoms with Crippen molar-refractivity contribution in [2.45, 2.75) is 38.5 Å². The normalized spacial score (nSPS) is 12.8. The molecule has 0 saturated heterocycles. The standard InChI is InChI=1S/C24H18F6N4O2/c1-22(2,3)14-6-4-13(5-7-14)20-11-18(34-36-20)21(35)19(12-31)33-32-17-9-15(23(25,26)27)8-16(10-17)24(28,29)30/h4-11,32H,1-3H3/b33-19+. The summed E-state index contributed by atoms with van der Waals surface area (Å²) in [6, 6.07) is 10.6. The Bertz CT molecular complexity index is 1310. The van der Waals surface area contributed by atoms with Gasteiger partial charge in [0, 0.05) is 11.6 Å². The number of alkyl halides is 6. The fourth-order valence-corrected chi connectivity index (χ4v) is 3.04. The van der Waals surface area contributed by atoms with Gasteiger partial charge in [0.25, 0.3) is 0 Å². The van der Waals surface area contributed by atoms with Crippen molar-refractivity contribution in [1.29, 1.82) is 5.26 Å². The van der Waals surface area contributed by atoms with Crippen LogP contribution in [0, 0.1) is 11.3 Å². The Hall–Kier alpha value is -4.14. The molecule has 1 heterocycles. The van der Waals surface area contributed by atoms with Crippen molar-refractivity contribution in [3.8, 4) is 17.4 Å². The van der Waals surface area contributed by atoms with Crippen LogP contribution in [-0.2, 0) is 17.8 Å². The molecule has 0 amide bonds. The maximum atomic E-state index is 13.0. The third-order valence-corrected chi connectivity index (χ3v) is 4.98. The van der Waals surface area contributed by atoms with Crippen LogP contribution in [0.25, 0.3) is 11.3 Å². The zero-order valence-corrected chi connectivity index (χ0v) is 19.0. The number of hydrogen-bond acceptors (Lipinski definition) is 6. The van der Waals surface area contributed by atoms with Crippen molar-refractivity contribution in [3.05, 3.63) is 70.9 Å². The summed E-state index contributed by atoms with van der Waals surface area (Å²) >= 11 is 0. The summed E-state index contributed by atoms with van der Waals surface area (Å²) in [4.78, 5) is 12.6. The molecule has 0 unspecified atom stereocenters. The van der Waals surface area contributed by atoms with Gasteiger partial charge in [-0.05, 0) is 29.2 Å². The molecule has 0 atom stereocenters. The van der Waals surface area contributed by atoms with Crippen LogP contribution in [0.4, 0.5) is 32.0 Å². The van der Waals surface area contributed by atoms with Gasteiger partial charge in [-0.3, -0.25) is 10.2 Å². The van der Waals surface area contributed by atoms with Gasteiger partial charge in [-0.25, -0.2) is 0 Å². The smallest absolute Gasteiger partial charge is 0.356 e. The zero-order valence-electron chi connectivity index (χ0n) is 19.0. The number of halogens is 6. The van der Waals surface area contributed by atoms with Crippen LogP contribution in [0.3, 0.4) is 0 Å². The summed E-state index contributed by atoms with van der Waals surface area (Å²) in [5.74, 6) is -0.842. The Labute approximate surface area is 201 Å². The van der Waals surface area contributed by atoms with E-state index >= 15 is 0 Å². The van der Waals surface area contributed by atoms with Crippen LogP contribution in [0.2, 0.25) is 0 Å². The lowest BCUT2D eigenvalue weighted by Crippen LogP contribution is -2.15. The highest BCUT2D eigenvalue weighted by atomic mass is 19.4. The summed E-state index contributed by atoms with van der Waals surface area (Å²) in [5.41, 5.74) is -1.61. The van der Waals surface area contributed by atoms with E-state index < -0.39 is 40.7 Å². The van der Waals surface area contributed by atoms with Crippen LogP contribution in [0.15, 0.2) is 58.2 Å². The molecule has 0 spiro atoms. The molecule has 0 bridgehead atoms. The number of Topliss-reactive ketones (excluding diaryl/α,β-unsaturated/α-hetero) is 1. The van der Waals surface area contributed by atoms with E-state index in [9.17, 15) is 36.4 Å². The fourth-order valence-electron chi connectivity index (χ4n) is 3.04. The number of benzene rings is 2. The van der Waals surface area contributed by atoms with Crippen LogP contribution in [0.5, 0.6) is 0 Å². The fraction of sp³-hybridized carbons (Fsp3) is 0.250. The number of ketones is 1. The maximum Gasteiger partial charge on any atom is 0.416 e. The van der Waals surface area contributed by atoms with Crippen molar-refractivity contribution >= 4 is 17.2 Å². The molecule has 36 heavy (non-hydrogen) atoms. The largest absolute Gasteiger partial charge is 0.416 e. The van der Waals surface area contributed by atoms with E-state index in [2.05, 4.69) is 10.3 Å². The second-order valence-corrected chi connectivity index (χ2v) is 8.71. The minimum Gasteiger partial charge on any atom is -0.356 e.